The fourth-order valence-electron chi connectivity index (χ4n) is 1.39. The van der Waals surface area contributed by atoms with Crippen molar-refractivity contribution >= 4 is 11.9 Å². The van der Waals surface area contributed by atoms with Crippen LogP contribution in [0.15, 0.2) is 18.2 Å². The zero-order valence-corrected chi connectivity index (χ0v) is 10.8. The highest BCUT2D eigenvalue weighted by Crippen LogP contribution is 2.19. The molecule has 0 aliphatic heterocycles. The van der Waals surface area contributed by atoms with Gasteiger partial charge in [-0.1, -0.05) is 11.8 Å². The van der Waals surface area contributed by atoms with Crippen molar-refractivity contribution in [2.75, 3.05) is 13.7 Å². The molecule has 0 aromatic heterocycles. The summed E-state index contributed by atoms with van der Waals surface area (Å²) in [6.07, 6.45) is 0.517. The molecule has 1 rings (SSSR count). The van der Waals surface area contributed by atoms with Gasteiger partial charge in [-0.15, -0.1) is 0 Å². The largest absolute Gasteiger partial charge is 0.495 e. The molecule has 0 spiro atoms. The van der Waals surface area contributed by atoms with Crippen molar-refractivity contribution in [2.24, 2.45) is 0 Å². The van der Waals surface area contributed by atoms with Crippen LogP contribution in [0, 0.1) is 11.8 Å². The molecule has 19 heavy (non-hydrogen) atoms. The Hall–Kier alpha value is -2.48. The second-order valence-corrected chi connectivity index (χ2v) is 3.75. The van der Waals surface area contributed by atoms with E-state index in [-0.39, 0.29) is 11.5 Å². The molecule has 2 N–H and O–H groups in total. The molecule has 0 heterocycles. The maximum absolute atomic E-state index is 10.8. The minimum absolute atomic E-state index is 0.0924. The van der Waals surface area contributed by atoms with Crippen LogP contribution in [0.1, 0.15) is 29.3 Å². The third-order valence-corrected chi connectivity index (χ3v) is 2.30. The molecule has 5 heteroatoms. The first kappa shape index (κ1) is 14.6. The number of nitrogens with one attached hydrogen (secondary N) is 1. The minimum Gasteiger partial charge on any atom is -0.495 e. The summed E-state index contributed by atoms with van der Waals surface area (Å²) in [5.74, 6) is 5.09. The first-order valence-electron chi connectivity index (χ1n) is 5.69. The average Bonchev–Trinajstić information content (AvgIpc) is 2.37. The number of ether oxygens (including phenoxy) is 1. The van der Waals surface area contributed by atoms with Crippen LogP contribution in [0.4, 0.5) is 0 Å². The highest BCUT2D eigenvalue weighted by molar-refractivity contribution is 5.88. The van der Waals surface area contributed by atoms with Crippen molar-refractivity contribution in [1.82, 2.24) is 5.32 Å². The minimum atomic E-state index is -1.01. The molecule has 0 saturated heterocycles. The lowest BCUT2D eigenvalue weighted by Crippen LogP contribution is -2.20. The summed E-state index contributed by atoms with van der Waals surface area (Å²) in [4.78, 5) is 21.5. The third kappa shape index (κ3) is 4.72. The Bertz CT molecular complexity index is 540. The van der Waals surface area contributed by atoms with E-state index in [0.717, 1.165) is 0 Å². The van der Waals surface area contributed by atoms with Gasteiger partial charge in [0.15, 0.2) is 0 Å². The van der Waals surface area contributed by atoms with E-state index in [9.17, 15) is 9.59 Å². The van der Waals surface area contributed by atoms with Crippen LogP contribution in [-0.2, 0) is 4.79 Å². The Morgan fingerprint density at radius 3 is 2.74 bits per heavy atom. The molecular weight excluding hydrogens is 246 g/mol. The van der Waals surface area contributed by atoms with Crippen LogP contribution in [0.2, 0.25) is 0 Å². The smallest absolute Gasteiger partial charge is 0.335 e. The number of benzene rings is 1. The second-order valence-electron chi connectivity index (χ2n) is 3.75. The first-order valence-corrected chi connectivity index (χ1v) is 5.69. The van der Waals surface area contributed by atoms with Gasteiger partial charge in [-0.2, -0.15) is 0 Å². The number of carboxylic acid groups (broad SMARTS) is 1. The lowest BCUT2D eigenvalue weighted by molar-refractivity contribution is -0.118. The van der Waals surface area contributed by atoms with E-state index in [1.54, 1.807) is 6.07 Å². The van der Waals surface area contributed by atoms with Crippen molar-refractivity contribution in [1.29, 1.82) is 0 Å². The number of carbonyl (C=O) groups excluding carboxylic acids is 1. The van der Waals surface area contributed by atoms with Gasteiger partial charge < -0.3 is 15.2 Å². The average molecular weight is 261 g/mol. The molecule has 0 aliphatic carbocycles. The number of aromatic carboxylic acids is 1. The normalized spacial score (nSPS) is 9.16. The molecule has 1 aromatic rings. The summed E-state index contributed by atoms with van der Waals surface area (Å²) >= 11 is 0. The van der Waals surface area contributed by atoms with Crippen LogP contribution in [0.3, 0.4) is 0 Å². The maximum atomic E-state index is 10.8. The number of hydrogen-bond acceptors (Lipinski definition) is 3. The highest BCUT2D eigenvalue weighted by Gasteiger charge is 2.07. The molecule has 0 bridgehead atoms. The van der Waals surface area contributed by atoms with Gasteiger partial charge in [-0.05, 0) is 18.2 Å². The second kappa shape index (κ2) is 7.07. The zero-order chi connectivity index (χ0) is 14.3. The number of carboxylic acids is 1. The molecule has 0 atom stereocenters. The summed E-state index contributed by atoms with van der Waals surface area (Å²) in [6, 6.07) is 4.51. The van der Waals surface area contributed by atoms with Crippen LogP contribution in [0.5, 0.6) is 5.75 Å². The van der Waals surface area contributed by atoms with Gasteiger partial charge in [0.2, 0.25) is 5.91 Å². The zero-order valence-electron chi connectivity index (χ0n) is 10.8. The number of hydrogen-bond donors (Lipinski definition) is 2. The molecule has 0 aliphatic rings. The van der Waals surface area contributed by atoms with Crippen molar-refractivity contribution in [3.8, 4) is 17.6 Å². The van der Waals surface area contributed by atoms with E-state index in [1.807, 2.05) is 0 Å². The number of rotatable bonds is 4. The molecule has 1 aromatic carbocycles. The van der Waals surface area contributed by atoms with Crippen molar-refractivity contribution in [3.63, 3.8) is 0 Å². The van der Waals surface area contributed by atoms with Gasteiger partial charge in [0.25, 0.3) is 0 Å². The number of methoxy groups -OCH3 is 1. The van der Waals surface area contributed by atoms with Gasteiger partial charge in [0.1, 0.15) is 5.75 Å². The molecule has 0 fully saturated rings. The van der Waals surface area contributed by atoms with Gasteiger partial charge >= 0.3 is 5.97 Å². The molecule has 0 radical (unpaired) electrons. The van der Waals surface area contributed by atoms with Gasteiger partial charge in [-0.25, -0.2) is 4.79 Å². The van der Waals surface area contributed by atoms with Crippen molar-refractivity contribution in [2.45, 2.75) is 13.3 Å². The van der Waals surface area contributed by atoms with Crippen LogP contribution >= 0.6 is 0 Å². The quantitative estimate of drug-likeness (QED) is 0.632. The number of carbonyl (C=O) groups is 2. The standard InChI is InChI=1S/C14H15NO4/c1-10(16)15-8-4-3-5-11-6-7-12(14(17)18)9-13(11)19-2/h6-7,9H,4,8H2,1-2H3,(H,15,16)(H,17,18). The summed E-state index contributed by atoms with van der Waals surface area (Å²) in [5, 5.41) is 11.5. The third-order valence-electron chi connectivity index (χ3n) is 2.30. The predicted octanol–water partition coefficient (Wildman–Crippen LogP) is 1.27. The Labute approximate surface area is 111 Å². The molecule has 0 saturated carbocycles. The molecule has 5 nitrogen and oxygen atoms in total. The topological polar surface area (TPSA) is 75.6 Å². The van der Waals surface area contributed by atoms with E-state index in [4.69, 9.17) is 9.84 Å². The molecule has 100 valence electrons. The summed E-state index contributed by atoms with van der Waals surface area (Å²) < 4.78 is 5.10. The van der Waals surface area contributed by atoms with E-state index in [2.05, 4.69) is 17.2 Å². The monoisotopic (exact) mass is 261 g/mol. The van der Waals surface area contributed by atoms with Gasteiger partial charge in [0.05, 0.1) is 18.2 Å². The van der Waals surface area contributed by atoms with Crippen LogP contribution in [0.25, 0.3) is 0 Å². The van der Waals surface area contributed by atoms with Gasteiger partial charge in [-0.3, -0.25) is 4.79 Å². The van der Waals surface area contributed by atoms with Crippen molar-refractivity contribution < 1.29 is 19.4 Å². The molecule has 1 amide bonds. The number of amides is 1. The summed E-state index contributed by atoms with van der Waals surface area (Å²) in [5.41, 5.74) is 0.774. The lowest BCUT2D eigenvalue weighted by atomic mass is 10.1. The molecule has 0 unspecified atom stereocenters. The SMILES string of the molecule is COc1cc(C(=O)O)ccc1C#CCCNC(C)=O. The first-order chi connectivity index (χ1) is 9.04. The van der Waals surface area contributed by atoms with Crippen molar-refractivity contribution in [3.05, 3.63) is 29.3 Å². The fraction of sp³-hybridized carbons (Fsp3) is 0.286. The highest BCUT2D eigenvalue weighted by atomic mass is 16.5. The Kier molecular flexibility index (Phi) is 5.42. The Morgan fingerprint density at radius 1 is 1.42 bits per heavy atom. The van der Waals surface area contributed by atoms with Crippen LogP contribution < -0.4 is 10.1 Å². The fourth-order valence-corrected chi connectivity index (χ4v) is 1.39. The summed E-state index contributed by atoms with van der Waals surface area (Å²) in [7, 11) is 1.46. The lowest BCUT2D eigenvalue weighted by Gasteiger charge is -2.04. The van der Waals surface area contributed by atoms with E-state index < -0.39 is 5.97 Å². The maximum Gasteiger partial charge on any atom is 0.335 e. The van der Waals surface area contributed by atoms with E-state index in [1.165, 1.54) is 26.2 Å². The Balaban J connectivity index is 2.75. The van der Waals surface area contributed by atoms with Crippen LogP contribution in [-0.4, -0.2) is 30.6 Å². The van der Waals surface area contributed by atoms with E-state index >= 15 is 0 Å². The van der Waals surface area contributed by atoms with Gasteiger partial charge in [0, 0.05) is 19.9 Å². The summed E-state index contributed by atoms with van der Waals surface area (Å²) in [6.45, 7) is 1.93. The molecular formula is C14H15NO4. The Morgan fingerprint density at radius 2 is 2.16 bits per heavy atom. The van der Waals surface area contributed by atoms with E-state index in [0.29, 0.717) is 24.3 Å². The predicted molar refractivity (Wildman–Crippen MR) is 70.1 cm³/mol.